The number of anilines is 2. The summed E-state index contributed by atoms with van der Waals surface area (Å²) in [5.74, 6) is -1.39. The lowest BCUT2D eigenvalue weighted by Crippen LogP contribution is -2.13. The third-order valence-corrected chi connectivity index (χ3v) is 2.54. The fourth-order valence-electron chi connectivity index (χ4n) is 1.07. The van der Waals surface area contributed by atoms with Crippen LogP contribution >= 0.6 is 11.8 Å². The summed E-state index contributed by atoms with van der Waals surface area (Å²) in [6, 6.07) is 2.54. The number of aromatic nitrogens is 1. The number of rotatable bonds is 5. The van der Waals surface area contributed by atoms with Crippen molar-refractivity contribution in [2.75, 3.05) is 23.3 Å². The molecular weight excluding hydrogens is 271 g/mol. The highest BCUT2D eigenvalue weighted by Crippen LogP contribution is 2.29. The molecule has 1 aromatic rings. The molecule has 0 saturated heterocycles. The Labute approximate surface area is 105 Å². The van der Waals surface area contributed by atoms with Gasteiger partial charge in [-0.2, -0.15) is 13.2 Å². The molecule has 1 aromatic heterocycles. The van der Waals surface area contributed by atoms with Gasteiger partial charge in [0.15, 0.2) is 5.69 Å². The minimum absolute atomic E-state index is 0.0234. The van der Waals surface area contributed by atoms with Crippen LogP contribution in [0.15, 0.2) is 12.1 Å². The summed E-state index contributed by atoms with van der Waals surface area (Å²) < 4.78 is 35.5. The second-order valence-electron chi connectivity index (χ2n) is 3.16. The van der Waals surface area contributed by atoms with Crippen LogP contribution in [0.25, 0.3) is 0 Å². The first kappa shape index (κ1) is 14.4. The molecule has 0 atom stereocenters. The molecule has 5 nitrogen and oxygen atoms in total. The van der Waals surface area contributed by atoms with Gasteiger partial charge in [-0.1, -0.05) is 0 Å². The molecule has 9 heteroatoms. The Balaban J connectivity index is 2.56. The van der Waals surface area contributed by atoms with Crippen molar-refractivity contribution in [2.24, 2.45) is 0 Å². The van der Waals surface area contributed by atoms with E-state index in [-0.39, 0.29) is 41.3 Å². The Bertz CT molecular complexity index is 440. The van der Waals surface area contributed by atoms with Crippen LogP contribution in [0, 0.1) is 0 Å². The van der Waals surface area contributed by atoms with Crippen molar-refractivity contribution in [1.29, 1.82) is 0 Å². The molecule has 0 fully saturated rings. The van der Waals surface area contributed by atoms with Crippen LogP contribution in [-0.2, 0) is 0 Å². The van der Waals surface area contributed by atoms with Crippen LogP contribution in [0.1, 0.15) is 10.5 Å². The van der Waals surface area contributed by atoms with Crippen LogP contribution in [0.2, 0.25) is 0 Å². The maximum absolute atomic E-state index is 11.8. The summed E-state index contributed by atoms with van der Waals surface area (Å²) in [6.07, 6.45) is 0. The van der Waals surface area contributed by atoms with E-state index in [1.807, 2.05) is 0 Å². The lowest BCUT2D eigenvalue weighted by Gasteiger charge is -2.09. The van der Waals surface area contributed by atoms with E-state index in [9.17, 15) is 18.0 Å². The average molecular weight is 281 g/mol. The highest BCUT2D eigenvalue weighted by molar-refractivity contribution is 8.00. The smallest absolute Gasteiger partial charge is 0.441 e. The van der Waals surface area contributed by atoms with Gasteiger partial charge in [-0.05, 0) is 23.9 Å². The Hall–Kier alpha value is -1.64. The summed E-state index contributed by atoms with van der Waals surface area (Å²) in [5.41, 5.74) is 1.17. The molecule has 0 unspecified atom stereocenters. The molecule has 1 rings (SSSR count). The molecule has 0 aliphatic rings. The monoisotopic (exact) mass is 281 g/mol. The van der Waals surface area contributed by atoms with E-state index in [2.05, 4.69) is 10.3 Å². The number of carboxylic acids is 1. The van der Waals surface area contributed by atoms with Gasteiger partial charge in [0.25, 0.3) is 0 Å². The van der Waals surface area contributed by atoms with E-state index in [0.717, 1.165) is 0 Å². The van der Waals surface area contributed by atoms with E-state index in [1.54, 1.807) is 0 Å². The van der Waals surface area contributed by atoms with Gasteiger partial charge in [0.05, 0.1) is 5.69 Å². The zero-order valence-corrected chi connectivity index (χ0v) is 9.81. The molecule has 0 aliphatic heterocycles. The molecule has 18 heavy (non-hydrogen) atoms. The zero-order valence-electron chi connectivity index (χ0n) is 8.99. The minimum Gasteiger partial charge on any atom is -0.477 e. The second-order valence-corrected chi connectivity index (χ2v) is 4.32. The van der Waals surface area contributed by atoms with Gasteiger partial charge in [0.2, 0.25) is 0 Å². The van der Waals surface area contributed by atoms with Crippen LogP contribution in [0.3, 0.4) is 0 Å². The van der Waals surface area contributed by atoms with E-state index < -0.39 is 11.5 Å². The first-order valence-electron chi connectivity index (χ1n) is 4.74. The molecule has 0 aromatic carbocycles. The van der Waals surface area contributed by atoms with E-state index in [4.69, 9.17) is 10.8 Å². The summed E-state index contributed by atoms with van der Waals surface area (Å²) in [5, 5.41) is 11.3. The number of nitrogens with one attached hydrogen (secondary N) is 1. The highest BCUT2D eigenvalue weighted by Gasteiger charge is 2.27. The lowest BCUT2D eigenvalue weighted by atomic mass is 10.3. The third-order valence-electron chi connectivity index (χ3n) is 1.81. The number of thioether (sulfide) groups is 1. The van der Waals surface area contributed by atoms with Crippen molar-refractivity contribution in [1.82, 2.24) is 4.98 Å². The predicted molar refractivity (Wildman–Crippen MR) is 62.6 cm³/mol. The van der Waals surface area contributed by atoms with E-state index >= 15 is 0 Å². The molecule has 0 saturated carbocycles. The van der Waals surface area contributed by atoms with Gasteiger partial charge in [0.1, 0.15) is 5.82 Å². The van der Waals surface area contributed by atoms with E-state index in [1.165, 1.54) is 12.1 Å². The lowest BCUT2D eigenvalue weighted by molar-refractivity contribution is -0.0327. The fraction of sp³-hybridized carbons (Fsp3) is 0.333. The normalized spacial score (nSPS) is 11.3. The molecule has 0 aliphatic carbocycles. The van der Waals surface area contributed by atoms with Crippen molar-refractivity contribution >= 4 is 29.2 Å². The Morgan fingerprint density at radius 1 is 1.50 bits per heavy atom. The molecule has 0 bridgehead atoms. The number of aromatic carboxylic acids is 1. The van der Waals surface area contributed by atoms with Crippen LogP contribution in [0.5, 0.6) is 0 Å². The summed E-state index contributed by atoms with van der Waals surface area (Å²) in [7, 11) is 0. The van der Waals surface area contributed by atoms with Crippen molar-refractivity contribution in [3.63, 3.8) is 0 Å². The van der Waals surface area contributed by atoms with Gasteiger partial charge in [-0.25, -0.2) is 9.78 Å². The summed E-state index contributed by atoms with van der Waals surface area (Å²) in [4.78, 5) is 14.3. The van der Waals surface area contributed by atoms with Gasteiger partial charge in [0, 0.05) is 12.3 Å². The molecule has 0 radical (unpaired) electrons. The first-order valence-corrected chi connectivity index (χ1v) is 5.72. The SMILES string of the molecule is Nc1ccc(C(=O)O)nc1NCCSC(F)(F)F. The average Bonchev–Trinajstić information content (AvgIpc) is 2.24. The number of pyridine rings is 1. The van der Waals surface area contributed by atoms with Gasteiger partial charge < -0.3 is 16.2 Å². The number of alkyl halides is 3. The topological polar surface area (TPSA) is 88.2 Å². The number of hydrogen-bond donors (Lipinski definition) is 3. The third kappa shape index (κ3) is 4.70. The second kappa shape index (κ2) is 5.80. The molecular formula is C9H10F3N3O2S. The Morgan fingerprint density at radius 2 is 2.17 bits per heavy atom. The number of hydrogen-bond acceptors (Lipinski definition) is 5. The molecule has 0 amide bonds. The first-order chi connectivity index (χ1) is 8.29. The Kier molecular flexibility index (Phi) is 4.65. The van der Waals surface area contributed by atoms with Crippen molar-refractivity contribution in [3.05, 3.63) is 17.8 Å². The van der Waals surface area contributed by atoms with Gasteiger partial charge in [-0.3, -0.25) is 0 Å². The number of nitrogen functional groups attached to an aromatic ring is 1. The van der Waals surface area contributed by atoms with Gasteiger partial charge >= 0.3 is 11.5 Å². The molecule has 100 valence electrons. The van der Waals surface area contributed by atoms with Crippen LogP contribution < -0.4 is 11.1 Å². The largest absolute Gasteiger partial charge is 0.477 e. The number of carboxylic acid groups (broad SMARTS) is 1. The predicted octanol–water partition coefficient (Wildman–Crippen LogP) is 2.03. The van der Waals surface area contributed by atoms with E-state index in [0.29, 0.717) is 0 Å². The maximum atomic E-state index is 11.8. The summed E-state index contributed by atoms with van der Waals surface area (Å²) in [6.45, 7) is -0.0234. The number of nitrogens with two attached hydrogens (primary N) is 1. The quantitative estimate of drug-likeness (QED) is 0.716. The summed E-state index contributed by atoms with van der Waals surface area (Å²) >= 11 is -0.178. The van der Waals surface area contributed by atoms with Crippen molar-refractivity contribution in [3.8, 4) is 0 Å². The highest BCUT2D eigenvalue weighted by atomic mass is 32.2. The number of nitrogens with zero attached hydrogens (tertiary/aromatic N) is 1. The number of halogens is 3. The maximum Gasteiger partial charge on any atom is 0.441 e. The number of carbonyl (C=O) groups is 1. The molecule has 1 heterocycles. The molecule has 0 spiro atoms. The fourth-order valence-corrected chi connectivity index (χ4v) is 1.50. The van der Waals surface area contributed by atoms with Crippen molar-refractivity contribution < 1.29 is 23.1 Å². The van der Waals surface area contributed by atoms with Crippen molar-refractivity contribution in [2.45, 2.75) is 5.51 Å². The van der Waals surface area contributed by atoms with Gasteiger partial charge in [-0.15, -0.1) is 0 Å². The van der Waals surface area contributed by atoms with Crippen LogP contribution in [-0.4, -0.2) is 33.9 Å². The Morgan fingerprint density at radius 3 is 2.72 bits per heavy atom. The minimum atomic E-state index is -4.29. The zero-order chi connectivity index (χ0) is 13.8. The standard InChI is InChI=1S/C9H10F3N3O2S/c10-9(11,12)18-4-3-14-7-5(13)1-2-6(15-7)8(16)17/h1-2H,3-4,13H2,(H,14,15)(H,16,17). The molecule has 4 N–H and O–H groups in total. The van der Waals surface area contributed by atoms with Crippen LogP contribution in [0.4, 0.5) is 24.7 Å².